The van der Waals surface area contributed by atoms with E-state index < -0.39 is 27.6 Å². The summed E-state index contributed by atoms with van der Waals surface area (Å²) >= 11 is 0. The van der Waals surface area contributed by atoms with Gasteiger partial charge >= 0.3 is 5.97 Å². The maximum absolute atomic E-state index is 11.5. The summed E-state index contributed by atoms with van der Waals surface area (Å²) in [5.41, 5.74) is 0. The zero-order valence-corrected chi connectivity index (χ0v) is 12.5. The Hall–Kier alpha value is -1.76. The van der Waals surface area contributed by atoms with Gasteiger partial charge in [0, 0.05) is 6.07 Å². The molecule has 1 aliphatic heterocycles. The second-order valence-electron chi connectivity index (χ2n) is 5.10. The van der Waals surface area contributed by atoms with E-state index in [9.17, 15) is 18.3 Å². The van der Waals surface area contributed by atoms with Gasteiger partial charge in [0.2, 0.25) is 0 Å². The van der Waals surface area contributed by atoms with Gasteiger partial charge in [-0.25, -0.2) is 8.42 Å². The lowest BCUT2D eigenvalue weighted by atomic mass is 9.93. The molecule has 0 radical (unpaired) electrons. The molecule has 0 bridgehead atoms. The zero-order valence-electron chi connectivity index (χ0n) is 11.7. The van der Waals surface area contributed by atoms with Crippen molar-refractivity contribution in [3.63, 3.8) is 0 Å². The molecule has 1 aliphatic rings. The van der Waals surface area contributed by atoms with Crippen LogP contribution in [0.4, 0.5) is 0 Å². The summed E-state index contributed by atoms with van der Waals surface area (Å²) in [5.74, 6) is -1.15. The van der Waals surface area contributed by atoms with Gasteiger partial charge in [-0.05, 0) is 24.5 Å². The number of hydrogen-bond donors (Lipinski definition) is 1. The molecule has 1 heterocycles. The smallest absolute Gasteiger partial charge is 0.310 e. The third-order valence-corrected chi connectivity index (χ3v) is 5.42. The molecule has 116 valence electrons. The van der Waals surface area contributed by atoms with E-state index in [1.807, 2.05) is 0 Å². The van der Waals surface area contributed by atoms with E-state index in [1.165, 1.54) is 7.11 Å². The normalized spacial score (nSPS) is 21.7. The Balaban J connectivity index is 2.02. The fraction of sp³-hybridized carbons (Fsp3) is 0.500. The van der Waals surface area contributed by atoms with Crippen LogP contribution in [0.1, 0.15) is 6.42 Å². The van der Waals surface area contributed by atoms with Gasteiger partial charge in [-0.2, -0.15) is 0 Å². The Morgan fingerprint density at radius 1 is 1.43 bits per heavy atom. The predicted molar refractivity (Wildman–Crippen MR) is 76.4 cm³/mol. The quantitative estimate of drug-likeness (QED) is 0.849. The maximum Gasteiger partial charge on any atom is 0.310 e. The fourth-order valence-electron chi connectivity index (χ4n) is 2.43. The highest BCUT2D eigenvalue weighted by molar-refractivity contribution is 7.91. The number of benzene rings is 1. The number of sulfone groups is 1. The molecule has 1 N–H and O–H groups in total. The summed E-state index contributed by atoms with van der Waals surface area (Å²) < 4.78 is 33.5. The zero-order chi connectivity index (χ0) is 15.5. The van der Waals surface area contributed by atoms with Crippen molar-refractivity contribution in [1.82, 2.24) is 0 Å². The largest absolute Gasteiger partial charge is 0.497 e. The summed E-state index contributed by atoms with van der Waals surface area (Å²) in [4.78, 5) is 11.3. The first-order valence-corrected chi connectivity index (χ1v) is 8.43. The van der Waals surface area contributed by atoms with Gasteiger partial charge in [0.25, 0.3) is 0 Å². The summed E-state index contributed by atoms with van der Waals surface area (Å²) in [5, 5.41) is 9.28. The van der Waals surface area contributed by atoms with Crippen molar-refractivity contribution >= 4 is 15.8 Å². The van der Waals surface area contributed by atoms with Crippen molar-refractivity contribution in [2.45, 2.75) is 6.42 Å². The molecule has 1 fully saturated rings. The number of rotatable bonds is 6. The van der Waals surface area contributed by atoms with Crippen molar-refractivity contribution < 1.29 is 27.8 Å². The van der Waals surface area contributed by atoms with Crippen LogP contribution in [0.15, 0.2) is 24.3 Å². The minimum atomic E-state index is -3.11. The Labute approximate surface area is 123 Å². The van der Waals surface area contributed by atoms with Crippen LogP contribution in [0.3, 0.4) is 0 Å². The van der Waals surface area contributed by atoms with Crippen LogP contribution in [0.25, 0.3) is 0 Å². The van der Waals surface area contributed by atoms with Crippen LogP contribution in [-0.2, 0) is 14.6 Å². The first kappa shape index (κ1) is 15.6. The lowest BCUT2D eigenvalue weighted by molar-refractivity contribution is -0.144. The van der Waals surface area contributed by atoms with Crippen LogP contribution < -0.4 is 9.47 Å². The second-order valence-corrected chi connectivity index (χ2v) is 7.33. The van der Waals surface area contributed by atoms with Crippen LogP contribution in [0.2, 0.25) is 0 Å². The molecule has 2 unspecified atom stereocenters. The molecule has 7 heteroatoms. The number of aliphatic carboxylic acids is 1. The topological polar surface area (TPSA) is 89.9 Å². The molecule has 0 spiro atoms. The molecule has 1 aromatic carbocycles. The molecular weight excluding hydrogens is 296 g/mol. The number of carbonyl (C=O) groups is 1. The van der Waals surface area contributed by atoms with Gasteiger partial charge < -0.3 is 14.6 Å². The molecule has 0 aliphatic carbocycles. The molecule has 2 atom stereocenters. The maximum atomic E-state index is 11.5. The van der Waals surface area contributed by atoms with Crippen LogP contribution in [-0.4, -0.2) is 44.7 Å². The average molecular weight is 314 g/mol. The summed E-state index contributed by atoms with van der Waals surface area (Å²) in [6.07, 6.45) is 0.376. The number of carboxylic acids is 1. The van der Waals surface area contributed by atoms with E-state index in [2.05, 4.69) is 0 Å². The first-order valence-electron chi connectivity index (χ1n) is 6.61. The summed E-state index contributed by atoms with van der Waals surface area (Å²) in [7, 11) is -1.58. The van der Waals surface area contributed by atoms with E-state index in [4.69, 9.17) is 9.47 Å². The van der Waals surface area contributed by atoms with Crippen molar-refractivity contribution in [2.75, 3.05) is 25.2 Å². The minimum Gasteiger partial charge on any atom is -0.497 e. The average Bonchev–Trinajstić information content (AvgIpc) is 2.79. The van der Waals surface area contributed by atoms with Gasteiger partial charge in [-0.3, -0.25) is 4.79 Å². The van der Waals surface area contributed by atoms with Crippen molar-refractivity contribution in [3.8, 4) is 11.5 Å². The molecule has 1 saturated heterocycles. The molecule has 0 saturated carbocycles. The highest BCUT2D eigenvalue weighted by Gasteiger charge is 2.37. The van der Waals surface area contributed by atoms with E-state index in [0.29, 0.717) is 17.9 Å². The van der Waals surface area contributed by atoms with Gasteiger partial charge in [-0.15, -0.1) is 0 Å². The standard InChI is InChI=1S/C14H18O6S/c1-19-11-3-2-4-12(7-11)20-8-13(14(15)16)10-5-6-21(17,18)9-10/h2-4,7,10,13H,5-6,8-9H2,1H3,(H,15,16). The number of hydrogen-bond acceptors (Lipinski definition) is 5. The fourth-order valence-corrected chi connectivity index (χ4v) is 4.31. The second kappa shape index (κ2) is 6.34. The van der Waals surface area contributed by atoms with Gasteiger partial charge in [0.05, 0.1) is 24.5 Å². The van der Waals surface area contributed by atoms with E-state index in [0.717, 1.165) is 0 Å². The van der Waals surface area contributed by atoms with Crippen LogP contribution in [0, 0.1) is 11.8 Å². The molecule has 2 rings (SSSR count). The van der Waals surface area contributed by atoms with Crippen molar-refractivity contribution in [2.24, 2.45) is 11.8 Å². The number of methoxy groups -OCH3 is 1. The van der Waals surface area contributed by atoms with Gasteiger partial charge in [0.15, 0.2) is 9.84 Å². The molecule has 0 amide bonds. The third-order valence-electron chi connectivity index (χ3n) is 3.62. The Kier molecular flexibility index (Phi) is 4.72. The third kappa shape index (κ3) is 4.10. The number of carboxylic acid groups (broad SMARTS) is 1. The monoisotopic (exact) mass is 314 g/mol. The van der Waals surface area contributed by atoms with Crippen molar-refractivity contribution in [1.29, 1.82) is 0 Å². The first-order chi connectivity index (χ1) is 9.91. The molecule has 1 aromatic rings. The highest BCUT2D eigenvalue weighted by Crippen LogP contribution is 2.28. The highest BCUT2D eigenvalue weighted by atomic mass is 32.2. The lowest BCUT2D eigenvalue weighted by Gasteiger charge is -2.18. The molecule has 21 heavy (non-hydrogen) atoms. The Bertz CT molecular complexity index is 610. The van der Waals surface area contributed by atoms with Crippen molar-refractivity contribution in [3.05, 3.63) is 24.3 Å². The lowest BCUT2D eigenvalue weighted by Crippen LogP contribution is -2.30. The molecule has 6 nitrogen and oxygen atoms in total. The molecular formula is C14H18O6S. The van der Waals surface area contributed by atoms with E-state index >= 15 is 0 Å². The molecule has 0 aromatic heterocycles. The Morgan fingerprint density at radius 3 is 2.71 bits per heavy atom. The van der Waals surface area contributed by atoms with Gasteiger partial charge in [-0.1, -0.05) is 6.07 Å². The van der Waals surface area contributed by atoms with Gasteiger partial charge in [0.1, 0.15) is 18.1 Å². The Morgan fingerprint density at radius 2 is 2.14 bits per heavy atom. The van der Waals surface area contributed by atoms with E-state index in [-0.39, 0.29) is 18.1 Å². The summed E-state index contributed by atoms with van der Waals surface area (Å²) in [6.45, 7) is -0.0529. The van der Waals surface area contributed by atoms with Crippen LogP contribution in [0.5, 0.6) is 11.5 Å². The van der Waals surface area contributed by atoms with E-state index in [1.54, 1.807) is 24.3 Å². The predicted octanol–water partition coefficient (Wildman–Crippen LogP) is 1.21. The SMILES string of the molecule is COc1cccc(OCC(C(=O)O)C2CCS(=O)(=O)C2)c1. The minimum absolute atomic E-state index is 0.0529. The van der Waals surface area contributed by atoms with Crippen LogP contribution >= 0.6 is 0 Å². The summed E-state index contributed by atoms with van der Waals surface area (Å²) in [6, 6.07) is 6.85. The number of ether oxygens (including phenoxy) is 2.